The predicted molar refractivity (Wildman–Crippen MR) is 96.6 cm³/mol. The van der Waals surface area contributed by atoms with Crippen molar-refractivity contribution in [1.82, 2.24) is 4.90 Å². The number of hydrogen-bond acceptors (Lipinski definition) is 5. The monoisotopic (exact) mass is 362 g/mol. The van der Waals surface area contributed by atoms with Gasteiger partial charge in [0, 0.05) is 32.1 Å². The number of anilines is 1. The van der Waals surface area contributed by atoms with Crippen LogP contribution in [0.4, 0.5) is 5.69 Å². The van der Waals surface area contributed by atoms with E-state index in [0.717, 1.165) is 0 Å². The number of ether oxygens (including phenoxy) is 3. The highest BCUT2D eigenvalue weighted by Gasteiger charge is 2.39. The van der Waals surface area contributed by atoms with Gasteiger partial charge < -0.3 is 24.0 Å². The van der Waals surface area contributed by atoms with Crippen molar-refractivity contribution < 1.29 is 23.8 Å². The van der Waals surface area contributed by atoms with E-state index in [0.29, 0.717) is 36.8 Å². The van der Waals surface area contributed by atoms with Crippen molar-refractivity contribution in [3.05, 3.63) is 18.2 Å². The summed E-state index contributed by atoms with van der Waals surface area (Å²) in [4.78, 5) is 29.0. The molecule has 1 aromatic carbocycles. The number of nitrogens with zero attached hydrogens (tertiary/aromatic N) is 2. The molecule has 0 radical (unpaired) electrons. The number of methoxy groups -OCH3 is 2. The Bertz CT molecular complexity index is 683. The molecule has 7 nitrogen and oxygen atoms in total. The highest BCUT2D eigenvalue weighted by Crippen LogP contribution is 2.36. The number of benzene rings is 1. The summed E-state index contributed by atoms with van der Waals surface area (Å²) in [6.45, 7) is 5.40. The lowest BCUT2D eigenvalue weighted by Crippen LogP contribution is -2.50. The summed E-state index contributed by atoms with van der Waals surface area (Å²) in [5, 5.41) is 0. The molecule has 2 aliphatic heterocycles. The second-order valence-electron chi connectivity index (χ2n) is 6.94. The molecule has 2 fully saturated rings. The Morgan fingerprint density at radius 2 is 1.81 bits per heavy atom. The fourth-order valence-corrected chi connectivity index (χ4v) is 3.73. The van der Waals surface area contributed by atoms with Crippen LogP contribution in [0.5, 0.6) is 11.5 Å². The fraction of sp³-hybridized carbons (Fsp3) is 0.579. The third-order valence-corrected chi connectivity index (χ3v) is 4.88. The van der Waals surface area contributed by atoms with Crippen LogP contribution in [0.25, 0.3) is 0 Å². The topological polar surface area (TPSA) is 68.3 Å². The zero-order valence-corrected chi connectivity index (χ0v) is 15.7. The normalized spacial score (nSPS) is 26.2. The Kier molecular flexibility index (Phi) is 5.36. The van der Waals surface area contributed by atoms with Gasteiger partial charge in [-0.25, -0.2) is 0 Å². The van der Waals surface area contributed by atoms with Gasteiger partial charge in [0.25, 0.3) is 0 Å². The molecule has 2 heterocycles. The summed E-state index contributed by atoms with van der Waals surface area (Å²) < 4.78 is 16.3. The number of rotatable bonds is 4. The van der Waals surface area contributed by atoms with Gasteiger partial charge in [0.05, 0.1) is 38.0 Å². The van der Waals surface area contributed by atoms with E-state index in [9.17, 15) is 9.59 Å². The van der Waals surface area contributed by atoms with Gasteiger partial charge in [-0.3, -0.25) is 9.59 Å². The van der Waals surface area contributed by atoms with Crippen molar-refractivity contribution in [2.45, 2.75) is 32.5 Å². The highest BCUT2D eigenvalue weighted by molar-refractivity contribution is 6.01. The molecule has 2 aliphatic rings. The molecule has 0 aliphatic carbocycles. The second-order valence-corrected chi connectivity index (χ2v) is 6.94. The van der Waals surface area contributed by atoms with Crippen molar-refractivity contribution in [2.24, 2.45) is 5.92 Å². The molecule has 0 spiro atoms. The van der Waals surface area contributed by atoms with Crippen LogP contribution >= 0.6 is 0 Å². The minimum absolute atomic E-state index is 0.00869. The molecular formula is C19H26N2O5. The lowest BCUT2D eigenvalue weighted by atomic mass is 10.1. The standard InChI is InChI=1S/C19H26N2O5/c1-12-9-20(10-13(2)26-12)19(23)14-7-18(22)21(11-14)16-8-15(24-3)5-6-17(16)25-4/h5-6,8,12-14H,7,9-11H2,1-4H3/t12-,13+,14-/m0/s1. The largest absolute Gasteiger partial charge is 0.497 e. The zero-order chi connectivity index (χ0) is 18.8. The Balaban J connectivity index is 1.77. The van der Waals surface area contributed by atoms with Crippen LogP contribution in [0.15, 0.2) is 18.2 Å². The Labute approximate surface area is 153 Å². The number of amides is 2. The molecule has 0 saturated carbocycles. The Hall–Kier alpha value is -2.28. The Morgan fingerprint density at radius 1 is 1.12 bits per heavy atom. The summed E-state index contributed by atoms with van der Waals surface area (Å²) in [5.74, 6) is 0.810. The van der Waals surface area contributed by atoms with E-state index >= 15 is 0 Å². The van der Waals surface area contributed by atoms with Crippen LogP contribution in [0.2, 0.25) is 0 Å². The molecule has 1 aromatic rings. The lowest BCUT2D eigenvalue weighted by molar-refractivity contribution is -0.147. The quantitative estimate of drug-likeness (QED) is 0.815. The van der Waals surface area contributed by atoms with Gasteiger partial charge in [0.15, 0.2) is 0 Å². The smallest absolute Gasteiger partial charge is 0.228 e. The summed E-state index contributed by atoms with van der Waals surface area (Å²) in [5.41, 5.74) is 0.635. The minimum atomic E-state index is -0.351. The molecule has 7 heteroatoms. The van der Waals surface area contributed by atoms with Crippen molar-refractivity contribution in [2.75, 3.05) is 38.8 Å². The first kappa shape index (κ1) is 18.5. The lowest BCUT2D eigenvalue weighted by Gasteiger charge is -2.36. The molecule has 0 N–H and O–H groups in total. The van der Waals surface area contributed by atoms with E-state index in [2.05, 4.69) is 0 Å². The van der Waals surface area contributed by atoms with Gasteiger partial charge in [-0.1, -0.05) is 0 Å². The van der Waals surface area contributed by atoms with E-state index in [4.69, 9.17) is 14.2 Å². The van der Waals surface area contributed by atoms with Crippen molar-refractivity contribution in [1.29, 1.82) is 0 Å². The van der Waals surface area contributed by atoms with Gasteiger partial charge in [0.1, 0.15) is 11.5 Å². The van der Waals surface area contributed by atoms with Gasteiger partial charge in [0.2, 0.25) is 11.8 Å². The average molecular weight is 362 g/mol. The SMILES string of the molecule is COc1ccc(OC)c(N2C[C@@H](C(=O)N3C[C@@H](C)O[C@@H](C)C3)CC2=O)c1. The number of carbonyl (C=O) groups excluding carboxylic acids is 2. The van der Waals surface area contributed by atoms with Crippen LogP contribution in [-0.4, -0.2) is 62.8 Å². The molecular weight excluding hydrogens is 336 g/mol. The molecule has 2 saturated heterocycles. The average Bonchev–Trinajstić information content (AvgIpc) is 3.01. The van der Waals surface area contributed by atoms with E-state index in [1.165, 1.54) is 0 Å². The second kappa shape index (κ2) is 7.53. The van der Waals surface area contributed by atoms with Gasteiger partial charge in [-0.2, -0.15) is 0 Å². The van der Waals surface area contributed by atoms with Crippen molar-refractivity contribution in [3.63, 3.8) is 0 Å². The molecule has 2 amide bonds. The molecule has 0 bridgehead atoms. The van der Waals surface area contributed by atoms with Crippen LogP contribution < -0.4 is 14.4 Å². The molecule has 142 valence electrons. The van der Waals surface area contributed by atoms with Gasteiger partial charge >= 0.3 is 0 Å². The van der Waals surface area contributed by atoms with E-state index < -0.39 is 0 Å². The number of hydrogen-bond donors (Lipinski definition) is 0. The van der Waals surface area contributed by atoms with Crippen LogP contribution in [0.3, 0.4) is 0 Å². The van der Waals surface area contributed by atoms with Crippen LogP contribution in [-0.2, 0) is 14.3 Å². The molecule has 0 aromatic heterocycles. The molecule has 3 rings (SSSR count). The zero-order valence-electron chi connectivity index (χ0n) is 15.7. The van der Waals surface area contributed by atoms with Crippen LogP contribution in [0.1, 0.15) is 20.3 Å². The third kappa shape index (κ3) is 3.62. The number of morpholine rings is 1. The number of carbonyl (C=O) groups is 2. The van der Waals surface area contributed by atoms with Crippen molar-refractivity contribution >= 4 is 17.5 Å². The third-order valence-electron chi connectivity index (χ3n) is 4.88. The summed E-state index contributed by atoms with van der Waals surface area (Å²) in [7, 11) is 3.13. The minimum Gasteiger partial charge on any atom is -0.497 e. The Morgan fingerprint density at radius 3 is 2.42 bits per heavy atom. The first-order valence-corrected chi connectivity index (χ1v) is 8.89. The summed E-state index contributed by atoms with van der Waals surface area (Å²) in [6.07, 6.45) is 0.225. The first-order valence-electron chi connectivity index (χ1n) is 8.89. The maximum atomic E-state index is 12.9. The highest BCUT2D eigenvalue weighted by atomic mass is 16.5. The molecule has 0 unspecified atom stereocenters. The summed E-state index contributed by atoms with van der Waals surface area (Å²) >= 11 is 0. The summed E-state index contributed by atoms with van der Waals surface area (Å²) in [6, 6.07) is 5.31. The maximum absolute atomic E-state index is 12.9. The van der Waals surface area contributed by atoms with E-state index in [1.807, 2.05) is 18.7 Å². The first-order chi connectivity index (χ1) is 12.4. The maximum Gasteiger partial charge on any atom is 0.228 e. The van der Waals surface area contributed by atoms with Gasteiger partial charge in [-0.05, 0) is 26.0 Å². The fourth-order valence-electron chi connectivity index (χ4n) is 3.73. The van der Waals surface area contributed by atoms with Crippen molar-refractivity contribution in [3.8, 4) is 11.5 Å². The van der Waals surface area contributed by atoms with E-state index in [1.54, 1.807) is 37.3 Å². The molecule has 26 heavy (non-hydrogen) atoms. The predicted octanol–water partition coefficient (Wildman–Crippen LogP) is 1.69. The van der Waals surface area contributed by atoms with Crippen LogP contribution in [0, 0.1) is 5.92 Å². The molecule has 3 atom stereocenters. The van der Waals surface area contributed by atoms with Gasteiger partial charge in [-0.15, -0.1) is 0 Å². The van der Waals surface area contributed by atoms with E-state index in [-0.39, 0.29) is 36.4 Å².